The topological polar surface area (TPSA) is 89.1 Å². The van der Waals surface area contributed by atoms with Crippen molar-refractivity contribution in [2.75, 3.05) is 39.2 Å². The molecular formula is C28H30ClN3O5. The second kappa shape index (κ2) is 11.9. The van der Waals surface area contributed by atoms with E-state index in [1.54, 1.807) is 55.5 Å². The average molecular weight is 524 g/mol. The molecule has 0 fully saturated rings. The molecule has 0 spiro atoms. The molecule has 2 N–H and O–H groups in total. The largest absolute Gasteiger partial charge is 0.494 e. The Morgan fingerprint density at radius 3 is 2.41 bits per heavy atom. The number of anilines is 1. The lowest BCUT2D eigenvalue weighted by Crippen LogP contribution is -2.46. The van der Waals surface area contributed by atoms with Gasteiger partial charge in [-0.25, -0.2) is 4.79 Å². The highest BCUT2D eigenvalue weighted by Gasteiger charge is 2.33. The molecule has 37 heavy (non-hydrogen) atoms. The standard InChI is InChI=1S/C28H30ClN3O5/c1-4-37-20-11-9-19(10-12-20)31-28(34)32-14-13-18-15-25(35-2)26(36-3)16-22(18)24(32)17-30-27(33)21-7-5-6-8-23(21)29/h5-12,15-16,24H,4,13-14,17H2,1-3H3,(H,30,33)(H,31,34)/t24-/m1/s1. The molecule has 0 unspecified atom stereocenters. The molecule has 0 radical (unpaired) electrons. The molecule has 3 aromatic carbocycles. The summed E-state index contributed by atoms with van der Waals surface area (Å²) in [7, 11) is 3.16. The molecule has 8 nitrogen and oxygen atoms in total. The average Bonchev–Trinajstić information content (AvgIpc) is 2.92. The minimum atomic E-state index is -0.447. The maximum absolute atomic E-state index is 13.4. The summed E-state index contributed by atoms with van der Waals surface area (Å²) in [6, 6.07) is 17.1. The van der Waals surface area contributed by atoms with Crippen LogP contribution in [0.5, 0.6) is 17.2 Å². The predicted octanol–water partition coefficient (Wildman–Crippen LogP) is 5.32. The van der Waals surface area contributed by atoms with Crippen molar-refractivity contribution in [3.8, 4) is 17.2 Å². The van der Waals surface area contributed by atoms with Crippen LogP contribution in [-0.4, -0.2) is 50.8 Å². The maximum Gasteiger partial charge on any atom is 0.322 e. The summed E-state index contributed by atoms with van der Waals surface area (Å²) in [6.45, 7) is 3.12. The van der Waals surface area contributed by atoms with Gasteiger partial charge in [-0.1, -0.05) is 23.7 Å². The number of ether oxygens (including phenoxy) is 3. The smallest absolute Gasteiger partial charge is 0.322 e. The minimum Gasteiger partial charge on any atom is -0.494 e. The number of hydrogen-bond acceptors (Lipinski definition) is 5. The van der Waals surface area contributed by atoms with E-state index >= 15 is 0 Å². The van der Waals surface area contributed by atoms with E-state index in [0.29, 0.717) is 47.3 Å². The van der Waals surface area contributed by atoms with E-state index in [9.17, 15) is 9.59 Å². The Morgan fingerprint density at radius 2 is 1.73 bits per heavy atom. The van der Waals surface area contributed by atoms with Gasteiger partial charge >= 0.3 is 6.03 Å². The molecule has 1 atom stereocenters. The molecule has 1 heterocycles. The van der Waals surface area contributed by atoms with Gasteiger partial charge in [0.1, 0.15) is 5.75 Å². The molecule has 0 bridgehead atoms. The first-order valence-electron chi connectivity index (χ1n) is 12.0. The number of amides is 3. The fourth-order valence-electron chi connectivity index (χ4n) is 4.42. The second-order valence-electron chi connectivity index (χ2n) is 8.44. The first-order chi connectivity index (χ1) is 17.9. The summed E-state index contributed by atoms with van der Waals surface area (Å²) in [5.41, 5.74) is 2.92. The van der Waals surface area contributed by atoms with Crippen LogP contribution in [0, 0.1) is 0 Å². The monoisotopic (exact) mass is 523 g/mol. The van der Waals surface area contributed by atoms with E-state index < -0.39 is 6.04 Å². The molecular weight excluding hydrogens is 494 g/mol. The molecule has 4 rings (SSSR count). The van der Waals surface area contributed by atoms with E-state index in [1.807, 2.05) is 31.2 Å². The summed E-state index contributed by atoms with van der Waals surface area (Å²) in [5, 5.41) is 6.28. The number of hydrogen-bond donors (Lipinski definition) is 2. The fraction of sp³-hybridized carbons (Fsp3) is 0.286. The predicted molar refractivity (Wildman–Crippen MR) is 143 cm³/mol. The van der Waals surface area contributed by atoms with Crippen LogP contribution in [0.1, 0.15) is 34.5 Å². The number of rotatable bonds is 8. The number of nitrogens with zero attached hydrogens (tertiary/aromatic N) is 1. The van der Waals surface area contributed by atoms with Crippen LogP contribution < -0.4 is 24.8 Å². The lowest BCUT2D eigenvalue weighted by Gasteiger charge is -2.38. The molecule has 9 heteroatoms. The lowest BCUT2D eigenvalue weighted by atomic mass is 9.91. The molecule has 1 aliphatic heterocycles. The zero-order valence-electron chi connectivity index (χ0n) is 21.0. The van der Waals surface area contributed by atoms with Crippen LogP contribution in [0.3, 0.4) is 0 Å². The number of halogens is 1. The van der Waals surface area contributed by atoms with Gasteiger partial charge in [-0.2, -0.15) is 0 Å². The highest BCUT2D eigenvalue weighted by Crippen LogP contribution is 2.38. The van der Waals surface area contributed by atoms with Crippen LogP contribution >= 0.6 is 11.6 Å². The maximum atomic E-state index is 13.4. The molecule has 3 aromatic rings. The molecule has 0 aliphatic carbocycles. The molecule has 1 aliphatic rings. The van der Waals surface area contributed by atoms with Crippen molar-refractivity contribution in [3.63, 3.8) is 0 Å². The molecule has 0 saturated carbocycles. The number of benzene rings is 3. The number of nitrogens with one attached hydrogen (secondary N) is 2. The van der Waals surface area contributed by atoms with Crippen LogP contribution in [0.15, 0.2) is 60.7 Å². The van der Waals surface area contributed by atoms with Crippen molar-refractivity contribution in [1.29, 1.82) is 0 Å². The van der Waals surface area contributed by atoms with Crippen LogP contribution in [0.2, 0.25) is 5.02 Å². The van der Waals surface area contributed by atoms with Gasteiger partial charge in [0, 0.05) is 18.8 Å². The van der Waals surface area contributed by atoms with Crippen LogP contribution in [-0.2, 0) is 6.42 Å². The normalized spacial score (nSPS) is 14.4. The van der Waals surface area contributed by atoms with Crippen LogP contribution in [0.4, 0.5) is 10.5 Å². The van der Waals surface area contributed by atoms with E-state index in [1.165, 1.54) is 0 Å². The third kappa shape index (κ3) is 5.91. The van der Waals surface area contributed by atoms with Crippen LogP contribution in [0.25, 0.3) is 0 Å². The number of carbonyl (C=O) groups is 2. The summed E-state index contributed by atoms with van der Waals surface area (Å²) < 4.78 is 16.5. The van der Waals surface area contributed by atoms with Gasteiger partial charge in [-0.3, -0.25) is 4.79 Å². The van der Waals surface area contributed by atoms with Crippen molar-refractivity contribution in [1.82, 2.24) is 10.2 Å². The Labute approximate surface area is 221 Å². The Morgan fingerprint density at radius 1 is 1.03 bits per heavy atom. The van der Waals surface area contributed by atoms with Gasteiger partial charge in [-0.05, 0) is 73.0 Å². The van der Waals surface area contributed by atoms with Crippen molar-refractivity contribution in [2.45, 2.75) is 19.4 Å². The SMILES string of the molecule is CCOc1ccc(NC(=O)N2CCc3cc(OC)c(OC)cc3[C@H]2CNC(=O)c2ccccc2Cl)cc1. The Bertz CT molecular complexity index is 1270. The third-order valence-corrected chi connectivity index (χ3v) is 6.58. The van der Waals surface area contributed by atoms with E-state index in [0.717, 1.165) is 16.9 Å². The van der Waals surface area contributed by atoms with Crippen molar-refractivity contribution in [2.24, 2.45) is 0 Å². The van der Waals surface area contributed by atoms with Gasteiger partial charge in [0.2, 0.25) is 0 Å². The number of methoxy groups -OCH3 is 2. The van der Waals surface area contributed by atoms with Crippen molar-refractivity contribution < 1.29 is 23.8 Å². The summed E-state index contributed by atoms with van der Waals surface area (Å²) in [6.07, 6.45) is 0.626. The summed E-state index contributed by atoms with van der Waals surface area (Å²) >= 11 is 6.22. The quantitative estimate of drug-likeness (QED) is 0.417. The Kier molecular flexibility index (Phi) is 8.40. The first kappa shape index (κ1) is 26.2. The molecule has 3 amide bonds. The zero-order valence-corrected chi connectivity index (χ0v) is 21.8. The summed E-state index contributed by atoms with van der Waals surface area (Å²) in [5.74, 6) is 1.59. The van der Waals surface area contributed by atoms with Gasteiger partial charge < -0.3 is 29.7 Å². The van der Waals surface area contributed by atoms with Crippen molar-refractivity contribution >= 4 is 29.2 Å². The van der Waals surface area contributed by atoms with Gasteiger partial charge in [0.05, 0.1) is 37.5 Å². The minimum absolute atomic E-state index is 0.184. The number of carbonyl (C=O) groups excluding carboxylic acids is 2. The zero-order chi connectivity index (χ0) is 26.4. The Balaban J connectivity index is 1.60. The van der Waals surface area contributed by atoms with Gasteiger partial charge in [0.15, 0.2) is 11.5 Å². The van der Waals surface area contributed by atoms with Gasteiger partial charge in [-0.15, -0.1) is 0 Å². The van der Waals surface area contributed by atoms with Crippen molar-refractivity contribution in [3.05, 3.63) is 82.4 Å². The van der Waals surface area contributed by atoms with E-state index in [2.05, 4.69) is 10.6 Å². The fourth-order valence-corrected chi connectivity index (χ4v) is 4.64. The molecule has 0 saturated heterocycles. The highest BCUT2D eigenvalue weighted by molar-refractivity contribution is 6.33. The first-order valence-corrected chi connectivity index (χ1v) is 12.4. The van der Waals surface area contributed by atoms with E-state index in [-0.39, 0.29) is 18.5 Å². The number of fused-ring (bicyclic) bond motifs is 1. The van der Waals surface area contributed by atoms with E-state index in [4.69, 9.17) is 25.8 Å². The molecule has 194 valence electrons. The second-order valence-corrected chi connectivity index (χ2v) is 8.85. The molecule has 0 aromatic heterocycles. The third-order valence-electron chi connectivity index (χ3n) is 6.25. The highest BCUT2D eigenvalue weighted by atomic mass is 35.5. The Hall–Kier alpha value is -3.91. The number of urea groups is 1. The van der Waals surface area contributed by atoms with Gasteiger partial charge in [0.25, 0.3) is 5.91 Å². The summed E-state index contributed by atoms with van der Waals surface area (Å²) in [4.78, 5) is 28.1. The lowest BCUT2D eigenvalue weighted by molar-refractivity contribution is 0.0936.